The van der Waals surface area contributed by atoms with Gasteiger partial charge in [-0.25, -0.2) is 4.39 Å². The Morgan fingerprint density at radius 1 is 1.61 bits per heavy atom. The minimum atomic E-state index is -0.710. The quantitative estimate of drug-likeness (QED) is 0.362. The summed E-state index contributed by atoms with van der Waals surface area (Å²) in [6.45, 7) is 1.91. The average molecular weight is 320 g/mol. The van der Waals surface area contributed by atoms with Crippen molar-refractivity contribution in [1.29, 1.82) is 0 Å². The molecule has 0 saturated carbocycles. The lowest BCUT2D eigenvalue weighted by molar-refractivity contribution is -0.385. The van der Waals surface area contributed by atoms with Crippen LogP contribution in [-0.2, 0) is 16.0 Å². The van der Waals surface area contributed by atoms with Gasteiger partial charge in [0.2, 0.25) is 0 Å². The highest BCUT2D eigenvalue weighted by atomic mass is 79.9. The second kappa shape index (κ2) is 6.44. The van der Waals surface area contributed by atoms with Crippen LogP contribution in [0.25, 0.3) is 0 Å². The highest BCUT2D eigenvalue weighted by Gasteiger charge is 2.19. The Bertz CT molecular complexity index is 466. The van der Waals surface area contributed by atoms with Crippen LogP contribution in [0.5, 0.6) is 0 Å². The molecule has 0 aliphatic rings. The first kappa shape index (κ1) is 14.6. The van der Waals surface area contributed by atoms with Gasteiger partial charge < -0.3 is 4.74 Å². The minimum Gasteiger partial charge on any atom is -0.465 e. The molecule has 1 aromatic rings. The molecule has 0 spiro atoms. The molecule has 7 heteroatoms. The van der Waals surface area contributed by atoms with Crippen molar-refractivity contribution in [3.05, 3.63) is 39.7 Å². The van der Waals surface area contributed by atoms with Crippen LogP contribution in [0, 0.1) is 15.9 Å². The Hall–Kier alpha value is -1.50. The number of nitro groups is 1. The number of nitro benzene ring substituents is 1. The molecule has 0 amide bonds. The van der Waals surface area contributed by atoms with Crippen molar-refractivity contribution < 1.29 is 18.8 Å². The van der Waals surface area contributed by atoms with Crippen molar-refractivity contribution >= 4 is 27.6 Å². The lowest BCUT2D eigenvalue weighted by Crippen LogP contribution is -2.20. The fraction of sp³-hybridized carbons (Fsp3) is 0.364. The van der Waals surface area contributed by atoms with Crippen molar-refractivity contribution in [3.63, 3.8) is 0 Å². The van der Waals surface area contributed by atoms with Crippen molar-refractivity contribution in [2.24, 2.45) is 0 Å². The lowest BCUT2D eigenvalue weighted by Gasteiger charge is -2.09. The van der Waals surface area contributed by atoms with Gasteiger partial charge in [0.1, 0.15) is 10.6 Å². The highest BCUT2D eigenvalue weighted by molar-refractivity contribution is 9.10. The molecule has 0 saturated heterocycles. The number of carbonyl (C=O) groups is 1. The molecule has 1 aromatic carbocycles. The molecule has 0 radical (unpaired) electrons. The number of hydrogen-bond acceptors (Lipinski definition) is 4. The van der Waals surface area contributed by atoms with E-state index in [2.05, 4.69) is 15.9 Å². The number of benzene rings is 1. The molecular weight excluding hydrogens is 309 g/mol. The molecule has 0 aliphatic heterocycles. The van der Waals surface area contributed by atoms with Crippen LogP contribution in [-0.4, -0.2) is 22.3 Å². The van der Waals surface area contributed by atoms with Crippen LogP contribution >= 0.6 is 15.9 Å². The molecule has 0 heterocycles. The SMILES string of the molecule is CCOC(=O)C(Br)Cc1ccc([N+](=O)[O-])cc1F. The van der Waals surface area contributed by atoms with Crippen LogP contribution in [0.4, 0.5) is 10.1 Å². The lowest BCUT2D eigenvalue weighted by atomic mass is 10.1. The molecule has 98 valence electrons. The van der Waals surface area contributed by atoms with Crippen LogP contribution in [0.3, 0.4) is 0 Å². The van der Waals surface area contributed by atoms with Gasteiger partial charge in [0.05, 0.1) is 17.6 Å². The molecule has 1 atom stereocenters. The highest BCUT2D eigenvalue weighted by Crippen LogP contribution is 2.20. The van der Waals surface area contributed by atoms with Crippen molar-refractivity contribution in [3.8, 4) is 0 Å². The molecule has 5 nitrogen and oxygen atoms in total. The number of hydrogen-bond donors (Lipinski definition) is 0. The van der Waals surface area contributed by atoms with E-state index in [0.717, 1.165) is 6.07 Å². The van der Waals surface area contributed by atoms with Gasteiger partial charge in [0.15, 0.2) is 0 Å². The molecule has 0 aromatic heterocycles. The zero-order chi connectivity index (χ0) is 13.7. The van der Waals surface area contributed by atoms with Crippen LogP contribution < -0.4 is 0 Å². The summed E-state index contributed by atoms with van der Waals surface area (Å²) >= 11 is 3.09. The van der Waals surface area contributed by atoms with E-state index < -0.39 is 21.5 Å². The first-order valence-corrected chi connectivity index (χ1v) is 6.10. The Morgan fingerprint density at radius 3 is 2.78 bits per heavy atom. The van der Waals surface area contributed by atoms with Gasteiger partial charge in [-0.2, -0.15) is 0 Å². The summed E-state index contributed by atoms with van der Waals surface area (Å²) in [6, 6.07) is 3.32. The van der Waals surface area contributed by atoms with Gasteiger partial charge in [-0.1, -0.05) is 15.9 Å². The Labute approximate surface area is 111 Å². The van der Waals surface area contributed by atoms with Gasteiger partial charge in [0.25, 0.3) is 5.69 Å². The number of halogens is 2. The maximum absolute atomic E-state index is 13.5. The summed E-state index contributed by atoms with van der Waals surface area (Å²) in [4.78, 5) is 20.4. The van der Waals surface area contributed by atoms with E-state index in [-0.39, 0.29) is 24.3 Å². The Balaban J connectivity index is 2.79. The number of esters is 1. The zero-order valence-electron chi connectivity index (χ0n) is 9.56. The normalized spacial score (nSPS) is 11.9. The van der Waals surface area contributed by atoms with E-state index in [1.54, 1.807) is 6.92 Å². The second-order valence-corrected chi connectivity index (χ2v) is 4.56. The van der Waals surface area contributed by atoms with E-state index in [9.17, 15) is 19.3 Å². The van der Waals surface area contributed by atoms with E-state index in [0.29, 0.717) is 0 Å². The van der Waals surface area contributed by atoms with E-state index in [1.807, 2.05) is 0 Å². The largest absolute Gasteiger partial charge is 0.465 e. The fourth-order valence-corrected chi connectivity index (χ4v) is 1.81. The molecule has 0 fully saturated rings. The fourth-order valence-electron chi connectivity index (χ4n) is 1.32. The summed E-state index contributed by atoms with van der Waals surface area (Å²) in [5.74, 6) is -1.20. The maximum Gasteiger partial charge on any atom is 0.320 e. The number of alkyl halides is 1. The molecule has 18 heavy (non-hydrogen) atoms. The van der Waals surface area contributed by atoms with E-state index in [1.165, 1.54) is 12.1 Å². The number of non-ortho nitro benzene ring substituents is 1. The molecular formula is C11H11BrFNO4. The predicted octanol–water partition coefficient (Wildman–Crippen LogP) is 2.60. The monoisotopic (exact) mass is 319 g/mol. The summed E-state index contributed by atoms with van der Waals surface area (Å²) in [5.41, 5.74) is -0.103. The summed E-state index contributed by atoms with van der Waals surface area (Å²) < 4.78 is 18.3. The topological polar surface area (TPSA) is 69.4 Å². The van der Waals surface area contributed by atoms with Crippen molar-refractivity contribution in [1.82, 2.24) is 0 Å². The van der Waals surface area contributed by atoms with Gasteiger partial charge >= 0.3 is 5.97 Å². The van der Waals surface area contributed by atoms with Gasteiger partial charge in [-0.15, -0.1) is 0 Å². The Morgan fingerprint density at radius 2 is 2.28 bits per heavy atom. The van der Waals surface area contributed by atoms with Crippen molar-refractivity contribution in [2.45, 2.75) is 18.2 Å². The van der Waals surface area contributed by atoms with Crippen LogP contribution in [0.2, 0.25) is 0 Å². The zero-order valence-corrected chi connectivity index (χ0v) is 11.1. The molecule has 0 bridgehead atoms. The molecule has 1 unspecified atom stereocenters. The van der Waals surface area contributed by atoms with E-state index >= 15 is 0 Å². The number of nitrogens with zero attached hydrogens (tertiary/aromatic N) is 1. The second-order valence-electron chi connectivity index (χ2n) is 3.46. The minimum absolute atomic E-state index is 0.0721. The van der Waals surface area contributed by atoms with Gasteiger partial charge in [-0.3, -0.25) is 14.9 Å². The molecule has 0 aliphatic carbocycles. The maximum atomic E-state index is 13.5. The smallest absolute Gasteiger partial charge is 0.320 e. The summed E-state index contributed by atoms with van der Waals surface area (Å²) in [5, 5.41) is 10.4. The van der Waals surface area contributed by atoms with Crippen molar-refractivity contribution in [2.75, 3.05) is 6.61 Å². The third kappa shape index (κ3) is 3.76. The van der Waals surface area contributed by atoms with Gasteiger partial charge in [-0.05, 0) is 25.0 Å². The number of carbonyl (C=O) groups excluding carboxylic acids is 1. The summed E-state index contributed by atoms with van der Waals surface area (Å²) in [7, 11) is 0. The Kier molecular flexibility index (Phi) is 5.21. The van der Waals surface area contributed by atoms with Crippen LogP contribution in [0.1, 0.15) is 12.5 Å². The molecule has 0 N–H and O–H groups in total. The summed E-state index contributed by atoms with van der Waals surface area (Å²) in [6.07, 6.45) is 0.0721. The predicted molar refractivity (Wildman–Crippen MR) is 66.1 cm³/mol. The number of ether oxygens (including phenoxy) is 1. The first-order valence-electron chi connectivity index (χ1n) is 5.19. The molecule has 1 rings (SSSR count). The third-order valence-electron chi connectivity index (χ3n) is 2.19. The standard InChI is InChI=1S/C11H11BrFNO4/c1-2-18-11(15)9(12)5-7-3-4-8(14(16)17)6-10(7)13/h3-4,6,9H,2,5H2,1H3. The third-order valence-corrected chi connectivity index (χ3v) is 2.89. The van der Waals surface area contributed by atoms with Gasteiger partial charge in [0, 0.05) is 6.07 Å². The first-order chi connectivity index (χ1) is 8.45. The number of rotatable bonds is 5. The van der Waals surface area contributed by atoms with Crippen LogP contribution in [0.15, 0.2) is 18.2 Å². The van der Waals surface area contributed by atoms with E-state index in [4.69, 9.17) is 4.74 Å². The average Bonchev–Trinajstić information content (AvgIpc) is 2.31.